The lowest BCUT2D eigenvalue weighted by Gasteiger charge is -2.24. The van der Waals surface area contributed by atoms with Gasteiger partial charge in [0.2, 0.25) is 0 Å². The molecule has 0 saturated carbocycles. The standard InChI is InChI=1S/C13H16BrFN2OS/c1-3-17(7-8(2)12(16)19)13(18)9-4-5-10(14)11(15)6-9/h4-6,8H,3,7H2,1-2H3,(H2,16,19). The Hall–Kier alpha value is -1.01. The molecule has 1 amide bonds. The fourth-order valence-electron chi connectivity index (χ4n) is 1.59. The first-order valence-corrected chi connectivity index (χ1v) is 7.10. The van der Waals surface area contributed by atoms with Crippen LogP contribution in [0.2, 0.25) is 0 Å². The minimum atomic E-state index is -0.454. The van der Waals surface area contributed by atoms with Crippen LogP contribution in [0.4, 0.5) is 4.39 Å². The zero-order valence-corrected chi connectivity index (χ0v) is 13.2. The van der Waals surface area contributed by atoms with Gasteiger partial charge in [-0.2, -0.15) is 0 Å². The van der Waals surface area contributed by atoms with Gasteiger partial charge in [0.25, 0.3) is 5.91 Å². The van der Waals surface area contributed by atoms with Crippen LogP contribution in [0.15, 0.2) is 22.7 Å². The monoisotopic (exact) mass is 346 g/mol. The molecule has 104 valence electrons. The quantitative estimate of drug-likeness (QED) is 0.833. The van der Waals surface area contributed by atoms with Gasteiger partial charge in [-0.05, 0) is 41.1 Å². The fraction of sp³-hybridized carbons (Fsp3) is 0.385. The van der Waals surface area contributed by atoms with Crippen LogP contribution in [0.3, 0.4) is 0 Å². The third kappa shape index (κ3) is 4.24. The van der Waals surface area contributed by atoms with E-state index in [0.717, 1.165) is 0 Å². The van der Waals surface area contributed by atoms with Gasteiger partial charge < -0.3 is 10.6 Å². The maximum atomic E-state index is 13.4. The van der Waals surface area contributed by atoms with E-state index in [0.29, 0.717) is 28.1 Å². The minimum Gasteiger partial charge on any atom is -0.393 e. The number of thiocarbonyl (C=S) groups is 1. The fourth-order valence-corrected chi connectivity index (χ4v) is 1.91. The predicted molar refractivity (Wildman–Crippen MR) is 81.6 cm³/mol. The summed E-state index contributed by atoms with van der Waals surface area (Å²) in [6, 6.07) is 4.33. The summed E-state index contributed by atoms with van der Waals surface area (Å²) in [4.78, 5) is 14.2. The highest BCUT2D eigenvalue weighted by molar-refractivity contribution is 9.10. The van der Waals surface area contributed by atoms with Crippen LogP contribution in [0.5, 0.6) is 0 Å². The Morgan fingerprint density at radius 3 is 2.68 bits per heavy atom. The van der Waals surface area contributed by atoms with E-state index >= 15 is 0 Å². The molecule has 1 aromatic carbocycles. The Morgan fingerprint density at radius 1 is 1.58 bits per heavy atom. The Labute approximate surface area is 126 Å². The Morgan fingerprint density at radius 2 is 2.21 bits per heavy atom. The SMILES string of the molecule is CCN(CC(C)C(N)=S)C(=O)c1ccc(Br)c(F)c1. The summed E-state index contributed by atoms with van der Waals surface area (Å²) in [6.45, 7) is 4.67. The first kappa shape index (κ1) is 16.0. The van der Waals surface area contributed by atoms with Gasteiger partial charge in [-0.1, -0.05) is 19.1 Å². The number of halogens is 2. The molecule has 0 spiro atoms. The molecule has 1 rings (SSSR count). The lowest BCUT2D eigenvalue weighted by molar-refractivity contribution is 0.0754. The zero-order chi connectivity index (χ0) is 14.6. The van der Waals surface area contributed by atoms with Crippen LogP contribution < -0.4 is 5.73 Å². The van der Waals surface area contributed by atoms with Crippen LogP contribution in [0.25, 0.3) is 0 Å². The Balaban J connectivity index is 2.89. The summed E-state index contributed by atoms with van der Waals surface area (Å²) in [5.41, 5.74) is 5.87. The van der Waals surface area contributed by atoms with Crippen molar-refractivity contribution in [1.82, 2.24) is 4.90 Å². The molecule has 0 bridgehead atoms. The van der Waals surface area contributed by atoms with E-state index in [1.807, 2.05) is 13.8 Å². The van der Waals surface area contributed by atoms with Crippen LogP contribution in [-0.2, 0) is 0 Å². The molecule has 0 aromatic heterocycles. The van der Waals surface area contributed by atoms with Gasteiger partial charge in [-0.3, -0.25) is 4.79 Å². The number of carbonyl (C=O) groups excluding carboxylic acids is 1. The van der Waals surface area contributed by atoms with Crippen molar-refractivity contribution < 1.29 is 9.18 Å². The van der Waals surface area contributed by atoms with E-state index in [2.05, 4.69) is 15.9 Å². The number of amides is 1. The average molecular weight is 347 g/mol. The molecule has 1 unspecified atom stereocenters. The molecule has 6 heteroatoms. The highest BCUT2D eigenvalue weighted by atomic mass is 79.9. The van der Waals surface area contributed by atoms with Crippen molar-refractivity contribution >= 4 is 39.0 Å². The number of rotatable bonds is 5. The smallest absolute Gasteiger partial charge is 0.253 e. The van der Waals surface area contributed by atoms with Gasteiger partial charge in [0.1, 0.15) is 5.82 Å². The molecule has 0 heterocycles. The number of nitrogens with two attached hydrogens (primary N) is 1. The summed E-state index contributed by atoms with van der Waals surface area (Å²) in [5, 5.41) is 0. The van der Waals surface area contributed by atoms with Crippen molar-refractivity contribution in [1.29, 1.82) is 0 Å². The molecule has 0 aliphatic carbocycles. The second-order valence-electron chi connectivity index (χ2n) is 4.28. The van der Waals surface area contributed by atoms with E-state index < -0.39 is 5.82 Å². The predicted octanol–water partition coefficient (Wildman–Crippen LogP) is 2.97. The molecule has 19 heavy (non-hydrogen) atoms. The van der Waals surface area contributed by atoms with Crippen molar-refractivity contribution in [2.45, 2.75) is 13.8 Å². The molecule has 3 nitrogen and oxygen atoms in total. The number of hydrogen-bond donors (Lipinski definition) is 1. The van der Waals surface area contributed by atoms with Gasteiger partial charge in [0, 0.05) is 24.6 Å². The van der Waals surface area contributed by atoms with Crippen LogP contribution in [-0.4, -0.2) is 28.9 Å². The molecule has 2 N–H and O–H groups in total. The number of benzene rings is 1. The van der Waals surface area contributed by atoms with Crippen molar-refractivity contribution in [2.75, 3.05) is 13.1 Å². The molecule has 0 aliphatic heterocycles. The highest BCUT2D eigenvalue weighted by Crippen LogP contribution is 2.18. The van der Waals surface area contributed by atoms with E-state index in [1.54, 1.807) is 11.0 Å². The number of hydrogen-bond acceptors (Lipinski definition) is 2. The number of nitrogens with zero attached hydrogens (tertiary/aromatic N) is 1. The molecule has 0 aliphatic rings. The summed E-state index contributed by atoms with van der Waals surface area (Å²) >= 11 is 7.96. The average Bonchev–Trinajstić information content (AvgIpc) is 2.37. The van der Waals surface area contributed by atoms with Crippen molar-refractivity contribution in [3.05, 3.63) is 34.1 Å². The third-order valence-corrected chi connectivity index (χ3v) is 3.86. The molecular weight excluding hydrogens is 331 g/mol. The number of carbonyl (C=O) groups is 1. The Bertz CT molecular complexity index is 496. The topological polar surface area (TPSA) is 46.3 Å². The van der Waals surface area contributed by atoms with Gasteiger partial charge in [-0.15, -0.1) is 0 Å². The second-order valence-corrected chi connectivity index (χ2v) is 5.60. The molecular formula is C13H16BrFN2OS. The van der Waals surface area contributed by atoms with Crippen molar-refractivity contribution in [3.63, 3.8) is 0 Å². The molecule has 0 radical (unpaired) electrons. The minimum absolute atomic E-state index is 0.0702. The lowest BCUT2D eigenvalue weighted by Crippen LogP contribution is -2.38. The molecule has 0 saturated heterocycles. The second kappa shape index (κ2) is 6.96. The lowest BCUT2D eigenvalue weighted by atomic mass is 10.1. The van der Waals surface area contributed by atoms with Gasteiger partial charge in [0.05, 0.1) is 9.46 Å². The van der Waals surface area contributed by atoms with Gasteiger partial charge >= 0.3 is 0 Å². The van der Waals surface area contributed by atoms with E-state index in [4.69, 9.17) is 18.0 Å². The van der Waals surface area contributed by atoms with Crippen LogP contribution in [0.1, 0.15) is 24.2 Å². The third-order valence-electron chi connectivity index (χ3n) is 2.82. The van der Waals surface area contributed by atoms with Gasteiger partial charge in [0.15, 0.2) is 0 Å². The van der Waals surface area contributed by atoms with Crippen LogP contribution >= 0.6 is 28.1 Å². The van der Waals surface area contributed by atoms with Crippen molar-refractivity contribution in [3.8, 4) is 0 Å². The van der Waals surface area contributed by atoms with E-state index in [-0.39, 0.29) is 11.8 Å². The summed E-state index contributed by atoms with van der Waals surface area (Å²) in [6.07, 6.45) is 0. The first-order valence-electron chi connectivity index (χ1n) is 5.90. The van der Waals surface area contributed by atoms with Crippen LogP contribution in [0, 0.1) is 11.7 Å². The largest absolute Gasteiger partial charge is 0.393 e. The molecule has 0 fully saturated rings. The van der Waals surface area contributed by atoms with Gasteiger partial charge in [-0.25, -0.2) is 4.39 Å². The normalized spacial score (nSPS) is 12.0. The first-order chi connectivity index (χ1) is 8.86. The maximum absolute atomic E-state index is 13.4. The van der Waals surface area contributed by atoms with Crippen molar-refractivity contribution in [2.24, 2.45) is 11.7 Å². The highest BCUT2D eigenvalue weighted by Gasteiger charge is 2.18. The molecule has 1 atom stereocenters. The summed E-state index contributed by atoms with van der Waals surface area (Å²) < 4.78 is 13.8. The van der Waals surface area contributed by atoms with E-state index in [9.17, 15) is 9.18 Å². The molecule has 1 aromatic rings. The van der Waals surface area contributed by atoms with E-state index in [1.165, 1.54) is 12.1 Å². The zero-order valence-electron chi connectivity index (χ0n) is 10.8. The summed E-state index contributed by atoms with van der Waals surface area (Å²) in [5.74, 6) is -0.750. The Kier molecular flexibility index (Phi) is 5.87. The maximum Gasteiger partial charge on any atom is 0.253 e. The summed E-state index contributed by atoms with van der Waals surface area (Å²) in [7, 11) is 0.